The van der Waals surface area contributed by atoms with E-state index in [4.69, 9.17) is 0 Å². The molecule has 0 aliphatic heterocycles. The number of halogens is 1. The van der Waals surface area contributed by atoms with Crippen molar-refractivity contribution in [1.29, 1.82) is 0 Å². The lowest BCUT2D eigenvalue weighted by Gasteiger charge is -2.10. The van der Waals surface area contributed by atoms with Crippen LogP contribution in [0.1, 0.15) is 10.5 Å². The molecule has 0 atom stereocenters. The summed E-state index contributed by atoms with van der Waals surface area (Å²) in [6.07, 6.45) is 4.85. The summed E-state index contributed by atoms with van der Waals surface area (Å²) in [4.78, 5) is 16.9. The molecule has 0 aliphatic carbocycles. The zero-order valence-corrected chi connectivity index (χ0v) is 13.0. The largest absolute Gasteiger partial charge is 0.329 e. The normalized spacial score (nSPS) is 10.6. The van der Waals surface area contributed by atoms with Crippen molar-refractivity contribution in [2.75, 3.05) is 5.32 Å². The van der Waals surface area contributed by atoms with E-state index in [-0.39, 0.29) is 5.69 Å². The van der Waals surface area contributed by atoms with Crippen molar-refractivity contribution < 1.29 is 9.18 Å². The molecule has 22 heavy (non-hydrogen) atoms. The van der Waals surface area contributed by atoms with Crippen LogP contribution in [0.5, 0.6) is 0 Å². The molecule has 6 nitrogen and oxygen atoms in total. The van der Waals surface area contributed by atoms with Crippen molar-refractivity contribution in [3.8, 4) is 0 Å². The molecule has 3 aromatic rings. The van der Waals surface area contributed by atoms with E-state index >= 15 is 0 Å². The monoisotopic (exact) mass is 335 g/mol. The van der Waals surface area contributed by atoms with Crippen LogP contribution in [0.4, 0.5) is 10.1 Å². The first-order valence-corrected chi connectivity index (χ1v) is 7.72. The van der Waals surface area contributed by atoms with Gasteiger partial charge in [-0.3, -0.25) is 4.79 Å². The first-order chi connectivity index (χ1) is 10.6. The number of nitrogens with zero attached hydrogens (tertiary/aromatic N) is 4. The van der Waals surface area contributed by atoms with Crippen LogP contribution in [0.2, 0.25) is 0 Å². The Morgan fingerprint density at radius 1 is 1.45 bits per heavy atom. The maximum atomic E-state index is 13.5. The number of carbonyl (C=O) groups excluding carboxylic acids is 1. The van der Waals surface area contributed by atoms with E-state index in [1.807, 2.05) is 17.8 Å². The highest BCUT2D eigenvalue weighted by atomic mass is 32.2. The summed E-state index contributed by atoms with van der Waals surface area (Å²) in [7, 11) is 1.86. The maximum Gasteiger partial charge on any atom is 0.277 e. The van der Waals surface area contributed by atoms with E-state index in [0.29, 0.717) is 10.6 Å². The van der Waals surface area contributed by atoms with Gasteiger partial charge in [0, 0.05) is 24.3 Å². The SMILES string of the molecule is Cn1ccnc1Sc1ccc(F)cc1NC(=O)c1cnsn1. The molecule has 1 N–H and O–H groups in total. The zero-order chi connectivity index (χ0) is 15.5. The molecule has 1 amide bonds. The maximum absolute atomic E-state index is 13.5. The highest BCUT2D eigenvalue weighted by molar-refractivity contribution is 7.99. The number of anilines is 1. The van der Waals surface area contributed by atoms with Crippen LogP contribution in [0, 0.1) is 5.82 Å². The summed E-state index contributed by atoms with van der Waals surface area (Å²) in [5.41, 5.74) is 0.563. The lowest BCUT2D eigenvalue weighted by molar-refractivity contribution is 0.102. The molecule has 2 heterocycles. The Morgan fingerprint density at radius 3 is 3.00 bits per heavy atom. The summed E-state index contributed by atoms with van der Waals surface area (Å²) in [6.45, 7) is 0. The van der Waals surface area contributed by atoms with Gasteiger partial charge < -0.3 is 9.88 Å². The predicted molar refractivity (Wildman–Crippen MR) is 81.6 cm³/mol. The molecule has 0 spiro atoms. The average molecular weight is 335 g/mol. The minimum atomic E-state index is -0.434. The first-order valence-electron chi connectivity index (χ1n) is 6.17. The molecule has 112 valence electrons. The fourth-order valence-electron chi connectivity index (χ4n) is 1.69. The van der Waals surface area contributed by atoms with Crippen LogP contribution in [-0.4, -0.2) is 24.2 Å². The Balaban J connectivity index is 1.88. The average Bonchev–Trinajstić information content (AvgIpc) is 3.14. The van der Waals surface area contributed by atoms with Crippen molar-refractivity contribution in [2.24, 2.45) is 7.05 Å². The third-order valence-electron chi connectivity index (χ3n) is 2.76. The Kier molecular flexibility index (Phi) is 4.16. The number of amides is 1. The number of aryl methyl sites for hydroxylation is 1. The summed E-state index contributed by atoms with van der Waals surface area (Å²) in [6, 6.07) is 4.21. The number of rotatable bonds is 4. The Labute approximate surface area is 133 Å². The number of nitrogens with one attached hydrogen (secondary N) is 1. The van der Waals surface area contributed by atoms with Crippen LogP contribution >= 0.6 is 23.5 Å². The first kappa shape index (κ1) is 14.7. The second-order valence-corrected chi connectivity index (χ2v) is 5.88. The van der Waals surface area contributed by atoms with Gasteiger partial charge in [-0.1, -0.05) is 0 Å². The molecule has 0 saturated carbocycles. The molecule has 0 radical (unpaired) electrons. The number of carbonyl (C=O) groups is 1. The van der Waals surface area contributed by atoms with Crippen molar-refractivity contribution in [3.63, 3.8) is 0 Å². The quantitative estimate of drug-likeness (QED) is 0.794. The fourth-order valence-corrected chi connectivity index (χ4v) is 2.97. The molecule has 0 unspecified atom stereocenters. The van der Waals surface area contributed by atoms with Gasteiger partial charge in [0.2, 0.25) is 0 Å². The standard InChI is InChI=1S/C13H10FN5OS2/c1-19-5-4-15-13(19)21-11-3-2-8(14)6-9(11)17-12(20)10-7-16-22-18-10/h2-7H,1H3,(H,17,20). The van der Waals surface area contributed by atoms with Crippen LogP contribution in [0.3, 0.4) is 0 Å². The number of hydrogen-bond acceptors (Lipinski definition) is 6. The fraction of sp³-hybridized carbons (Fsp3) is 0.0769. The third-order valence-corrected chi connectivity index (χ3v) is 4.39. The predicted octanol–water partition coefficient (Wildman–Crippen LogP) is 2.81. The van der Waals surface area contributed by atoms with E-state index in [9.17, 15) is 9.18 Å². The summed E-state index contributed by atoms with van der Waals surface area (Å²) < 4.78 is 23.0. The van der Waals surface area contributed by atoms with E-state index in [1.54, 1.807) is 12.3 Å². The molecule has 1 aromatic carbocycles. The summed E-state index contributed by atoms with van der Waals surface area (Å²) >= 11 is 2.27. The molecular weight excluding hydrogens is 325 g/mol. The zero-order valence-electron chi connectivity index (χ0n) is 11.4. The van der Waals surface area contributed by atoms with Gasteiger partial charge in [-0.25, -0.2) is 9.37 Å². The lowest BCUT2D eigenvalue weighted by Crippen LogP contribution is -2.13. The van der Waals surface area contributed by atoms with E-state index < -0.39 is 11.7 Å². The number of aromatic nitrogens is 4. The van der Waals surface area contributed by atoms with Crippen LogP contribution in [0.15, 0.2) is 46.8 Å². The van der Waals surface area contributed by atoms with Gasteiger partial charge in [0.05, 0.1) is 23.6 Å². The molecule has 2 aromatic heterocycles. The van der Waals surface area contributed by atoms with Crippen molar-refractivity contribution in [1.82, 2.24) is 18.3 Å². The van der Waals surface area contributed by atoms with Gasteiger partial charge in [0.25, 0.3) is 5.91 Å². The molecule has 9 heteroatoms. The molecular formula is C13H10FN5OS2. The van der Waals surface area contributed by atoms with Crippen molar-refractivity contribution in [2.45, 2.75) is 10.1 Å². The third kappa shape index (κ3) is 3.15. The van der Waals surface area contributed by atoms with Crippen LogP contribution < -0.4 is 5.32 Å². The molecule has 3 rings (SSSR count). The van der Waals surface area contributed by atoms with Crippen LogP contribution in [0.25, 0.3) is 0 Å². The molecule has 0 bridgehead atoms. The molecule has 0 saturated heterocycles. The van der Waals surface area contributed by atoms with Gasteiger partial charge in [0.1, 0.15) is 5.82 Å². The minimum Gasteiger partial charge on any atom is -0.329 e. The number of benzene rings is 1. The molecule has 0 fully saturated rings. The highest BCUT2D eigenvalue weighted by Crippen LogP contribution is 2.33. The Morgan fingerprint density at radius 2 is 2.32 bits per heavy atom. The topological polar surface area (TPSA) is 72.7 Å². The lowest BCUT2D eigenvalue weighted by atomic mass is 10.3. The highest BCUT2D eigenvalue weighted by Gasteiger charge is 2.14. The smallest absolute Gasteiger partial charge is 0.277 e. The number of hydrogen-bond donors (Lipinski definition) is 1. The van der Waals surface area contributed by atoms with E-state index in [0.717, 1.165) is 16.9 Å². The summed E-state index contributed by atoms with van der Waals surface area (Å²) in [5.74, 6) is -0.864. The molecule has 0 aliphatic rings. The summed E-state index contributed by atoms with van der Waals surface area (Å²) in [5, 5.41) is 3.39. The minimum absolute atomic E-state index is 0.196. The van der Waals surface area contributed by atoms with Gasteiger partial charge in [-0.2, -0.15) is 8.75 Å². The van der Waals surface area contributed by atoms with Crippen molar-refractivity contribution in [3.05, 3.63) is 48.3 Å². The van der Waals surface area contributed by atoms with Gasteiger partial charge in [0.15, 0.2) is 10.9 Å². The van der Waals surface area contributed by atoms with Gasteiger partial charge in [-0.15, -0.1) is 0 Å². The Hall–Kier alpha value is -2.26. The number of imidazole rings is 1. The second-order valence-electron chi connectivity index (χ2n) is 4.31. The Bertz CT molecular complexity index is 803. The van der Waals surface area contributed by atoms with Crippen molar-refractivity contribution >= 4 is 35.1 Å². The van der Waals surface area contributed by atoms with Crippen LogP contribution in [-0.2, 0) is 7.05 Å². The van der Waals surface area contributed by atoms with Gasteiger partial charge in [-0.05, 0) is 30.0 Å². The van der Waals surface area contributed by atoms with E-state index in [1.165, 1.54) is 30.1 Å². The van der Waals surface area contributed by atoms with E-state index in [2.05, 4.69) is 19.0 Å². The second kappa shape index (κ2) is 6.24. The van der Waals surface area contributed by atoms with Gasteiger partial charge >= 0.3 is 0 Å².